The number of carbonyl (C=O) groups excluding carboxylic acids is 1. The van der Waals surface area contributed by atoms with Gasteiger partial charge in [-0.3, -0.25) is 4.79 Å². The molecule has 10 nitrogen and oxygen atoms in total. The van der Waals surface area contributed by atoms with Gasteiger partial charge in [0.25, 0.3) is 0 Å². The number of methoxy groups -OCH3 is 1. The Kier molecular flexibility index (Phi) is 23.2. The summed E-state index contributed by atoms with van der Waals surface area (Å²) in [7, 11) is 1.63. The van der Waals surface area contributed by atoms with E-state index in [0.29, 0.717) is 91.5 Å². The molecule has 180 valence electrons. The van der Waals surface area contributed by atoms with Gasteiger partial charge in [0, 0.05) is 19.4 Å². The molecule has 0 aromatic rings. The zero-order chi connectivity index (χ0) is 22.8. The monoisotopic (exact) mass is 446 g/mol. The molecule has 0 unspecified atom stereocenters. The van der Waals surface area contributed by atoms with Crippen molar-refractivity contribution in [3.05, 3.63) is 12.3 Å². The zero-order valence-electron chi connectivity index (χ0n) is 18.7. The maximum Gasteiger partial charge on any atom is 0.246 e. The Labute approximate surface area is 185 Å². The van der Waals surface area contributed by atoms with Crippen LogP contribution < -0.4 is 10.6 Å². The molecule has 0 heterocycles. The lowest BCUT2D eigenvalue weighted by molar-refractivity contribution is -0.126. The Morgan fingerprint density at radius 1 is 0.774 bits per heavy atom. The van der Waals surface area contributed by atoms with Crippen molar-refractivity contribution in [1.29, 1.82) is 0 Å². The molecule has 1 amide bonds. The molecule has 10 heteroatoms. The third kappa shape index (κ3) is 24.4. The van der Waals surface area contributed by atoms with E-state index in [9.17, 15) is 4.79 Å². The Hall–Kier alpha value is -1.71. The fourth-order valence-electron chi connectivity index (χ4n) is 1.94. The van der Waals surface area contributed by atoms with Gasteiger partial charge in [0.1, 0.15) is 13.2 Å². The smallest absolute Gasteiger partial charge is 0.246 e. The molecule has 0 spiro atoms. The second kappa shape index (κ2) is 24.6. The minimum Gasteiger partial charge on any atom is -0.385 e. The minimum atomic E-state index is -0.220. The number of ether oxygens (including phenoxy) is 7. The van der Waals surface area contributed by atoms with Gasteiger partial charge < -0.3 is 43.8 Å². The van der Waals surface area contributed by atoms with E-state index in [0.717, 1.165) is 0 Å². The molecule has 0 aliphatic heterocycles. The fraction of sp³-hybridized carbons (Fsp3) is 0.762. The van der Waals surface area contributed by atoms with E-state index in [-0.39, 0.29) is 19.1 Å². The first-order chi connectivity index (χ1) is 15.2. The summed E-state index contributed by atoms with van der Waals surface area (Å²) in [6.45, 7) is 10.3. The predicted molar refractivity (Wildman–Crippen MR) is 116 cm³/mol. The molecule has 0 atom stereocenters. The van der Waals surface area contributed by atoms with Crippen molar-refractivity contribution in [3.8, 4) is 12.3 Å². The van der Waals surface area contributed by atoms with Crippen molar-refractivity contribution in [2.75, 3.05) is 106 Å². The first kappa shape index (κ1) is 29.3. The van der Waals surface area contributed by atoms with E-state index in [1.807, 2.05) is 0 Å². The van der Waals surface area contributed by atoms with Gasteiger partial charge in [0.15, 0.2) is 0 Å². The van der Waals surface area contributed by atoms with E-state index < -0.39 is 0 Å². The van der Waals surface area contributed by atoms with E-state index >= 15 is 0 Å². The molecule has 2 N–H and O–H groups in total. The van der Waals surface area contributed by atoms with Gasteiger partial charge >= 0.3 is 0 Å². The van der Waals surface area contributed by atoms with Crippen molar-refractivity contribution in [2.45, 2.75) is 0 Å². The number of amides is 1. The summed E-state index contributed by atoms with van der Waals surface area (Å²) in [5.74, 6) is 2.16. The topological polar surface area (TPSA) is 106 Å². The Balaban J connectivity index is 3.31. The molecule has 0 radical (unpaired) electrons. The molecule has 0 bridgehead atoms. The van der Waals surface area contributed by atoms with Crippen molar-refractivity contribution >= 4 is 5.91 Å². The number of hydrogen-bond donors (Lipinski definition) is 2. The normalized spacial score (nSPS) is 10.6. The number of rotatable bonds is 24. The summed E-state index contributed by atoms with van der Waals surface area (Å²) in [5.41, 5.74) is 0.696. The number of carbonyl (C=O) groups is 1. The predicted octanol–water partition coefficient (Wildman–Crippen LogP) is -0.415. The summed E-state index contributed by atoms with van der Waals surface area (Å²) in [5, 5.41) is 5.80. The van der Waals surface area contributed by atoms with E-state index in [2.05, 4.69) is 23.1 Å². The Bertz CT molecular complexity index is 471. The summed E-state index contributed by atoms with van der Waals surface area (Å²) < 4.78 is 36.5. The van der Waals surface area contributed by atoms with Crippen LogP contribution in [0.5, 0.6) is 0 Å². The van der Waals surface area contributed by atoms with Crippen molar-refractivity contribution in [3.63, 3.8) is 0 Å². The number of terminal acetylenes is 1. The largest absolute Gasteiger partial charge is 0.385 e. The van der Waals surface area contributed by atoms with Crippen LogP contribution in [0.3, 0.4) is 0 Å². The quantitative estimate of drug-likeness (QED) is 0.151. The van der Waals surface area contributed by atoms with Gasteiger partial charge in [-0.15, -0.1) is 6.42 Å². The fourth-order valence-corrected chi connectivity index (χ4v) is 1.94. The summed E-state index contributed by atoms with van der Waals surface area (Å²) in [4.78, 5) is 11.7. The highest BCUT2D eigenvalue weighted by Crippen LogP contribution is 1.85. The number of hydrogen-bond acceptors (Lipinski definition) is 9. The van der Waals surface area contributed by atoms with Gasteiger partial charge in [-0.05, 0) is 0 Å². The van der Waals surface area contributed by atoms with Gasteiger partial charge in [0.05, 0.1) is 79.2 Å². The molecule has 0 fully saturated rings. The van der Waals surface area contributed by atoms with Crippen LogP contribution in [0.15, 0.2) is 12.3 Å². The van der Waals surface area contributed by atoms with Crippen LogP contribution in [0.2, 0.25) is 0 Å². The van der Waals surface area contributed by atoms with Crippen molar-refractivity contribution < 1.29 is 38.0 Å². The molecule has 0 saturated heterocycles. The second-order valence-corrected chi connectivity index (χ2v) is 6.06. The van der Waals surface area contributed by atoms with Crippen molar-refractivity contribution in [2.24, 2.45) is 0 Å². The molecule has 0 rings (SSSR count). The minimum absolute atomic E-state index is 0.0359. The standard InChI is InChI=1S/C21H38N2O8/c1-4-6-26-10-12-29-14-15-30-16-17-31-19-21(24)23-18-20(2)22-5-7-27-11-13-28-9-8-25-3/h1,22H,2,5-19H2,3H3,(H,23,24). The van der Waals surface area contributed by atoms with Gasteiger partial charge in [-0.2, -0.15) is 0 Å². The maximum atomic E-state index is 11.7. The highest BCUT2D eigenvalue weighted by atomic mass is 16.6. The second-order valence-electron chi connectivity index (χ2n) is 6.06. The SMILES string of the molecule is C#CCOCCOCCOCCOCC(=O)NCC(=C)NCCOCCOCCOC. The van der Waals surface area contributed by atoms with Gasteiger partial charge in [-0.1, -0.05) is 12.5 Å². The summed E-state index contributed by atoms with van der Waals surface area (Å²) in [6.07, 6.45) is 5.05. The molecular formula is C21H38N2O8. The lowest BCUT2D eigenvalue weighted by Gasteiger charge is -2.11. The van der Waals surface area contributed by atoms with Crippen molar-refractivity contribution in [1.82, 2.24) is 10.6 Å². The molecule has 0 aromatic heterocycles. The third-order valence-electron chi connectivity index (χ3n) is 3.46. The number of nitrogens with one attached hydrogen (secondary N) is 2. The maximum absolute atomic E-state index is 11.7. The van der Waals surface area contributed by atoms with E-state index in [1.165, 1.54) is 0 Å². The van der Waals surface area contributed by atoms with Gasteiger partial charge in [-0.25, -0.2) is 0 Å². The average Bonchev–Trinajstić information content (AvgIpc) is 2.77. The first-order valence-electron chi connectivity index (χ1n) is 10.3. The molecule has 0 aromatic carbocycles. The third-order valence-corrected chi connectivity index (χ3v) is 3.46. The molecule has 0 aliphatic carbocycles. The lowest BCUT2D eigenvalue weighted by Crippen LogP contribution is -2.33. The lowest BCUT2D eigenvalue weighted by atomic mass is 10.4. The highest BCUT2D eigenvalue weighted by Gasteiger charge is 2.02. The molecule has 0 aliphatic rings. The molecular weight excluding hydrogens is 408 g/mol. The van der Waals surface area contributed by atoms with Crippen LogP contribution in [0.4, 0.5) is 0 Å². The van der Waals surface area contributed by atoms with Gasteiger partial charge in [0.2, 0.25) is 5.91 Å². The van der Waals surface area contributed by atoms with Crippen LogP contribution in [-0.4, -0.2) is 112 Å². The van der Waals surface area contributed by atoms with Crippen LogP contribution in [-0.2, 0) is 38.0 Å². The van der Waals surface area contributed by atoms with Crippen LogP contribution >= 0.6 is 0 Å². The van der Waals surface area contributed by atoms with Crippen LogP contribution in [0.25, 0.3) is 0 Å². The van der Waals surface area contributed by atoms with E-state index in [1.54, 1.807) is 7.11 Å². The molecule has 0 saturated carbocycles. The average molecular weight is 447 g/mol. The zero-order valence-corrected chi connectivity index (χ0v) is 18.7. The molecule has 31 heavy (non-hydrogen) atoms. The Morgan fingerprint density at radius 2 is 1.29 bits per heavy atom. The first-order valence-corrected chi connectivity index (χ1v) is 10.3. The van der Waals surface area contributed by atoms with Crippen LogP contribution in [0.1, 0.15) is 0 Å². The Morgan fingerprint density at radius 3 is 1.87 bits per heavy atom. The summed E-state index contributed by atoms with van der Waals surface area (Å²) >= 11 is 0. The van der Waals surface area contributed by atoms with E-state index in [4.69, 9.17) is 39.6 Å². The highest BCUT2D eigenvalue weighted by molar-refractivity contribution is 5.77. The van der Waals surface area contributed by atoms with Crippen LogP contribution in [0, 0.1) is 12.3 Å². The summed E-state index contributed by atoms with van der Waals surface area (Å²) in [6, 6.07) is 0.